The maximum atomic E-state index is 15.3. The first-order valence-corrected chi connectivity index (χ1v) is 18.9. The number of methoxy groups -OCH3 is 2. The van der Waals surface area contributed by atoms with Gasteiger partial charge in [-0.25, -0.2) is 4.67 Å². The molecule has 10 heteroatoms. The normalized spacial score (nSPS) is 18.3. The predicted octanol–water partition coefficient (Wildman–Crippen LogP) is 7.52. The van der Waals surface area contributed by atoms with Crippen LogP contribution in [0.15, 0.2) is 78.5 Å². The van der Waals surface area contributed by atoms with Crippen molar-refractivity contribution in [1.29, 1.82) is 5.26 Å². The number of nitrogens with zero attached hydrogens (tertiary/aromatic N) is 3. The second kappa shape index (κ2) is 17.3. The monoisotopic (exact) mass is 689 g/mol. The highest BCUT2D eigenvalue weighted by Crippen LogP contribution is 2.59. The van der Waals surface area contributed by atoms with Gasteiger partial charge in [0.2, 0.25) is 0 Å². The minimum atomic E-state index is -3.22. The fourth-order valence-electron chi connectivity index (χ4n) is 6.81. The highest BCUT2D eigenvalue weighted by Gasteiger charge is 2.42. The minimum absolute atomic E-state index is 0.0334. The number of hydrogen-bond acceptors (Lipinski definition) is 8. The molecule has 0 bridgehead atoms. The number of aliphatic hydroxyl groups excluding tert-OH is 2. The summed E-state index contributed by atoms with van der Waals surface area (Å²) in [5.74, 6) is 1.56. The van der Waals surface area contributed by atoms with E-state index in [1.807, 2.05) is 76.2 Å². The number of benzene rings is 3. The van der Waals surface area contributed by atoms with Crippen molar-refractivity contribution in [1.82, 2.24) is 9.57 Å². The molecule has 3 aromatic rings. The third kappa shape index (κ3) is 9.33. The van der Waals surface area contributed by atoms with Gasteiger partial charge in [0.1, 0.15) is 17.7 Å². The van der Waals surface area contributed by atoms with Crippen molar-refractivity contribution in [2.75, 3.05) is 34.0 Å². The van der Waals surface area contributed by atoms with E-state index in [4.69, 9.17) is 14.2 Å². The van der Waals surface area contributed by atoms with Crippen molar-refractivity contribution in [3.63, 3.8) is 0 Å². The number of hydrogen-bond donors (Lipinski definition) is 2. The van der Waals surface area contributed by atoms with E-state index in [9.17, 15) is 15.5 Å². The first-order valence-electron chi connectivity index (χ1n) is 16.9. The van der Waals surface area contributed by atoms with E-state index in [-0.39, 0.29) is 44.3 Å². The molecular weight excluding hydrogens is 637 g/mol. The van der Waals surface area contributed by atoms with Crippen LogP contribution >= 0.6 is 7.29 Å². The first-order chi connectivity index (χ1) is 23.4. The highest BCUT2D eigenvalue weighted by atomic mass is 31.2. The van der Waals surface area contributed by atoms with E-state index < -0.39 is 25.3 Å². The molecule has 0 radical (unpaired) electrons. The zero-order valence-corrected chi connectivity index (χ0v) is 30.8. The van der Waals surface area contributed by atoms with Crippen LogP contribution in [-0.4, -0.2) is 83.9 Å². The quantitative estimate of drug-likeness (QED) is 0.147. The van der Waals surface area contributed by atoms with E-state index >= 15 is 4.57 Å². The van der Waals surface area contributed by atoms with Crippen molar-refractivity contribution in [2.24, 2.45) is 0 Å². The second-order valence-electron chi connectivity index (χ2n) is 13.3. The van der Waals surface area contributed by atoms with Crippen LogP contribution < -0.4 is 9.47 Å². The molecule has 4 atom stereocenters. The Kier molecular flexibility index (Phi) is 13.5. The summed E-state index contributed by atoms with van der Waals surface area (Å²) in [7, 11) is 1.84. The van der Waals surface area contributed by atoms with Crippen LogP contribution in [0.4, 0.5) is 0 Å². The van der Waals surface area contributed by atoms with Crippen LogP contribution in [0.5, 0.6) is 11.5 Å². The van der Waals surface area contributed by atoms with Crippen molar-refractivity contribution < 1.29 is 29.0 Å². The van der Waals surface area contributed by atoms with Crippen molar-refractivity contribution in [3.8, 4) is 39.8 Å². The van der Waals surface area contributed by atoms with Gasteiger partial charge in [0.05, 0.1) is 45.3 Å². The molecule has 0 saturated carbocycles. The van der Waals surface area contributed by atoms with Crippen LogP contribution in [0, 0.1) is 11.3 Å². The fraction of sp³-hybridized carbons (Fsp3) is 0.462. The van der Waals surface area contributed by atoms with Crippen molar-refractivity contribution in [3.05, 3.63) is 84.1 Å². The maximum absolute atomic E-state index is 15.3. The Balaban J connectivity index is 1.71. The lowest BCUT2D eigenvalue weighted by Crippen LogP contribution is -2.41. The summed E-state index contributed by atoms with van der Waals surface area (Å²) >= 11 is 0. The van der Waals surface area contributed by atoms with E-state index in [1.165, 1.54) is 0 Å². The third-order valence-electron chi connectivity index (χ3n) is 9.24. The van der Waals surface area contributed by atoms with Crippen LogP contribution in [0.3, 0.4) is 0 Å². The Hall–Kier alpha value is -3.64. The molecule has 4 rings (SSSR count). The summed E-state index contributed by atoms with van der Waals surface area (Å²) in [5.41, 5.74) is 5.30. The Morgan fingerprint density at radius 3 is 2.04 bits per heavy atom. The van der Waals surface area contributed by atoms with Crippen molar-refractivity contribution >= 4 is 7.29 Å². The number of ether oxygens (including phenoxy) is 3. The van der Waals surface area contributed by atoms with E-state index in [0.29, 0.717) is 12.0 Å². The summed E-state index contributed by atoms with van der Waals surface area (Å²) < 4.78 is 34.7. The standard InChI is InChI=1S/C39H52N3O6P/c1-27(2)42(28(3)4)49(45,20-8-19-40)36(21-33-24-41(5)39(44)23-38(33)43)26-48-25-32-10-9-31(29-11-15-34(46-6)16-12-29)22-37(32)30-13-17-35(47-7)18-14-30/h9-18,22,24,27-28,36,38-39,43-44H,8,20-21,23,25-26H2,1-7H3. The molecule has 0 spiro atoms. The molecule has 0 aliphatic carbocycles. The molecule has 2 N–H and O–H groups in total. The third-order valence-corrected chi connectivity index (χ3v) is 13.3. The van der Waals surface area contributed by atoms with E-state index in [1.54, 1.807) is 32.4 Å². The highest BCUT2D eigenvalue weighted by molar-refractivity contribution is 7.62. The van der Waals surface area contributed by atoms with E-state index in [2.05, 4.69) is 28.9 Å². The van der Waals surface area contributed by atoms with Crippen LogP contribution in [0.1, 0.15) is 52.5 Å². The van der Waals surface area contributed by atoms with Gasteiger partial charge < -0.3 is 33.9 Å². The molecule has 0 aromatic heterocycles. The van der Waals surface area contributed by atoms with Crippen LogP contribution in [-0.2, 0) is 15.9 Å². The molecule has 49 heavy (non-hydrogen) atoms. The Bertz CT molecular complexity index is 1630. The number of aliphatic hydroxyl groups is 2. The Labute approximate surface area is 292 Å². The zero-order chi connectivity index (χ0) is 35.7. The summed E-state index contributed by atoms with van der Waals surface area (Å²) in [6.45, 7) is 8.55. The van der Waals surface area contributed by atoms with Crippen LogP contribution in [0.25, 0.3) is 22.3 Å². The maximum Gasteiger partial charge on any atom is 0.157 e. The van der Waals surface area contributed by atoms with Gasteiger partial charge in [0, 0.05) is 44.3 Å². The van der Waals surface area contributed by atoms with Gasteiger partial charge in [-0.05, 0) is 97.8 Å². The molecule has 3 aromatic carbocycles. The zero-order valence-electron chi connectivity index (χ0n) is 29.9. The average Bonchev–Trinajstić information content (AvgIpc) is 3.09. The predicted molar refractivity (Wildman–Crippen MR) is 196 cm³/mol. The van der Waals surface area contributed by atoms with Gasteiger partial charge in [-0.2, -0.15) is 5.26 Å². The Morgan fingerprint density at radius 1 is 0.918 bits per heavy atom. The summed E-state index contributed by atoms with van der Waals surface area (Å²) in [5, 5.41) is 30.9. The molecule has 0 amide bonds. The molecule has 1 aliphatic rings. The van der Waals surface area contributed by atoms with Gasteiger partial charge in [-0.3, -0.25) is 0 Å². The smallest absolute Gasteiger partial charge is 0.157 e. The van der Waals surface area contributed by atoms with E-state index in [0.717, 1.165) is 39.3 Å². The van der Waals surface area contributed by atoms with Crippen molar-refractivity contribution in [2.45, 2.75) is 83.6 Å². The molecule has 1 aliphatic heterocycles. The SMILES string of the molecule is COc1ccc(-c2ccc(COCC(CC3=CN(C)C(O)CC3O)P(=O)(CCC#N)N(C(C)C)C(C)C)c(-c3ccc(OC)cc3)c2)cc1. The summed E-state index contributed by atoms with van der Waals surface area (Å²) in [4.78, 5) is 1.67. The molecule has 0 fully saturated rings. The van der Waals surface area contributed by atoms with Gasteiger partial charge in [-0.15, -0.1) is 0 Å². The number of nitriles is 1. The minimum Gasteiger partial charge on any atom is -0.497 e. The molecular formula is C39H52N3O6P. The number of rotatable bonds is 16. The summed E-state index contributed by atoms with van der Waals surface area (Å²) in [6, 6.07) is 24.3. The molecule has 264 valence electrons. The lowest BCUT2D eigenvalue weighted by Gasteiger charge is -2.43. The van der Waals surface area contributed by atoms with Gasteiger partial charge in [0.15, 0.2) is 7.29 Å². The molecule has 1 heterocycles. The molecule has 4 unspecified atom stereocenters. The lowest BCUT2D eigenvalue weighted by atomic mass is 9.94. The van der Waals surface area contributed by atoms with Gasteiger partial charge >= 0.3 is 0 Å². The second-order valence-corrected chi connectivity index (χ2v) is 16.4. The van der Waals surface area contributed by atoms with Crippen LogP contribution in [0.2, 0.25) is 0 Å². The molecule has 0 saturated heterocycles. The van der Waals surface area contributed by atoms with Gasteiger partial charge in [-0.1, -0.05) is 36.4 Å². The first kappa shape index (κ1) is 38.2. The Morgan fingerprint density at radius 2 is 1.49 bits per heavy atom. The molecule has 9 nitrogen and oxygen atoms in total. The fourth-order valence-corrected chi connectivity index (χ4v) is 10.6. The summed E-state index contributed by atoms with van der Waals surface area (Å²) in [6.07, 6.45) is 0.966. The average molecular weight is 690 g/mol. The lowest BCUT2D eigenvalue weighted by molar-refractivity contribution is -0.000712. The topological polar surface area (TPSA) is 115 Å². The van der Waals surface area contributed by atoms with Gasteiger partial charge in [0.25, 0.3) is 0 Å². The largest absolute Gasteiger partial charge is 0.497 e.